The van der Waals surface area contributed by atoms with E-state index in [0.29, 0.717) is 11.8 Å². The Morgan fingerprint density at radius 3 is 2.38 bits per heavy atom. The van der Waals surface area contributed by atoms with Crippen molar-refractivity contribution in [3.63, 3.8) is 0 Å². The van der Waals surface area contributed by atoms with E-state index in [0.717, 1.165) is 19.3 Å². The van der Waals surface area contributed by atoms with E-state index in [4.69, 9.17) is 5.11 Å². The van der Waals surface area contributed by atoms with E-state index < -0.39 is 21.7 Å². The van der Waals surface area contributed by atoms with Crippen molar-refractivity contribution in [2.45, 2.75) is 51.0 Å². The maximum absolute atomic E-state index is 12.5. The molecule has 0 radical (unpaired) electrons. The van der Waals surface area contributed by atoms with Crippen LogP contribution in [0.2, 0.25) is 0 Å². The smallest absolute Gasteiger partial charge is 0.357 e. The normalized spacial score (nSPS) is 26.7. The molecule has 21 heavy (non-hydrogen) atoms. The summed E-state index contributed by atoms with van der Waals surface area (Å²) in [5.41, 5.74) is -0.228. The van der Waals surface area contributed by atoms with Crippen LogP contribution >= 0.6 is 0 Å². The lowest BCUT2D eigenvalue weighted by Gasteiger charge is -2.31. The summed E-state index contributed by atoms with van der Waals surface area (Å²) in [6.45, 7) is 5.70. The molecule has 0 spiro atoms. The summed E-state index contributed by atoms with van der Waals surface area (Å²) in [4.78, 5) is 10.8. The number of rotatable bonds is 4. The number of carboxylic acid groups (broad SMARTS) is 1. The highest BCUT2D eigenvalue weighted by Gasteiger charge is 2.32. The summed E-state index contributed by atoms with van der Waals surface area (Å²) >= 11 is 0. The number of nitrogens with zero attached hydrogens (tertiary/aromatic N) is 1. The van der Waals surface area contributed by atoms with Crippen molar-refractivity contribution >= 4 is 16.0 Å². The lowest BCUT2D eigenvalue weighted by Crippen LogP contribution is -2.40. The predicted molar refractivity (Wildman–Crippen MR) is 76.6 cm³/mol. The Balaban J connectivity index is 2.27. The third-order valence-electron chi connectivity index (χ3n) is 3.86. The van der Waals surface area contributed by atoms with Crippen molar-refractivity contribution in [2.75, 3.05) is 0 Å². The zero-order chi connectivity index (χ0) is 15.8. The van der Waals surface area contributed by atoms with Gasteiger partial charge in [0.2, 0.25) is 10.0 Å². The number of hydrogen-bond donors (Lipinski definition) is 3. The lowest BCUT2D eigenvalue weighted by molar-refractivity contribution is 0.0686. The minimum Gasteiger partial charge on any atom is -0.476 e. The van der Waals surface area contributed by atoms with Crippen LogP contribution in [0.25, 0.3) is 0 Å². The number of carbonyl (C=O) groups is 1. The van der Waals surface area contributed by atoms with E-state index in [1.807, 2.05) is 0 Å². The van der Waals surface area contributed by atoms with Gasteiger partial charge in [-0.2, -0.15) is 5.10 Å². The maximum atomic E-state index is 12.5. The maximum Gasteiger partial charge on any atom is 0.357 e. The second-order valence-corrected chi connectivity index (χ2v) is 7.72. The van der Waals surface area contributed by atoms with Crippen LogP contribution < -0.4 is 4.72 Å². The molecule has 3 N–H and O–H groups in total. The molecule has 7 nitrogen and oxygen atoms in total. The molecular formula is C13H21N3O4S. The number of sulfonamides is 1. The zero-order valence-electron chi connectivity index (χ0n) is 12.4. The number of aryl methyl sites for hydroxylation is 1. The van der Waals surface area contributed by atoms with Crippen LogP contribution in [0.3, 0.4) is 0 Å². The molecule has 1 aliphatic carbocycles. The Morgan fingerprint density at radius 1 is 1.29 bits per heavy atom. The van der Waals surface area contributed by atoms with Crippen LogP contribution in [0.15, 0.2) is 4.90 Å². The van der Waals surface area contributed by atoms with Crippen molar-refractivity contribution < 1.29 is 18.3 Å². The Labute approximate surface area is 124 Å². The summed E-state index contributed by atoms with van der Waals surface area (Å²) in [7, 11) is -3.89. The molecule has 1 heterocycles. The Bertz CT molecular complexity index is 628. The fraction of sp³-hybridized carbons (Fsp3) is 0.692. The van der Waals surface area contributed by atoms with Crippen molar-refractivity contribution in [3.05, 3.63) is 11.4 Å². The van der Waals surface area contributed by atoms with Crippen molar-refractivity contribution in [3.8, 4) is 0 Å². The Morgan fingerprint density at radius 2 is 1.86 bits per heavy atom. The van der Waals surface area contributed by atoms with Gasteiger partial charge in [0.15, 0.2) is 5.69 Å². The van der Waals surface area contributed by atoms with E-state index in [2.05, 4.69) is 28.8 Å². The van der Waals surface area contributed by atoms with Gasteiger partial charge in [-0.05, 0) is 38.0 Å². The number of aromatic carboxylic acids is 1. The monoisotopic (exact) mass is 315 g/mol. The van der Waals surface area contributed by atoms with Crippen LogP contribution in [0.5, 0.6) is 0 Å². The van der Waals surface area contributed by atoms with Crippen LogP contribution in [-0.2, 0) is 10.0 Å². The average molecular weight is 315 g/mol. The molecule has 0 amide bonds. The molecule has 2 unspecified atom stereocenters. The molecule has 1 aromatic heterocycles. The number of carboxylic acids is 1. The SMILES string of the molecule is Cc1[nH]nc(C(=O)O)c1S(=O)(=O)NC1CC(C)CC(C)C1. The first-order valence-electron chi connectivity index (χ1n) is 7.01. The van der Waals surface area contributed by atoms with E-state index in [-0.39, 0.29) is 16.6 Å². The van der Waals surface area contributed by atoms with Crippen molar-refractivity contribution in [1.29, 1.82) is 0 Å². The lowest BCUT2D eigenvalue weighted by atomic mass is 9.81. The second kappa shape index (κ2) is 5.76. The molecule has 0 aromatic carbocycles. The van der Waals surface area contributed by atoms with Crippen molar-refractivity contribution in [2.24, 2.45) is 11.8 Å². The average Bonchev–Trinajstić information content (AvgIpc) is 2.69. The molecule has 1 aliphatic rings. The van der Waals surface area contributed by atoms with Gasteiger partial charge in [0.05, 0.1) is 5.69 Å². The zero-order valence-corrected chi connectivity index (χ0v) is 13.2. The van der Waals surface area contributed by atoms with Crippen LogP contribution in [-0.4, -0.2) is 35.7 Å². The number of nitrogens with one attached hydrogen (secondary N) is 2. The van der Waals surface area contributed by atoms with Gasteiger partial charge in [0.1, 0.15) is 4.90 Å². The number of hydrogen-bond acceptors (Lipinski definition) is 4. The van der Waals surface area contributed by atoms with Crippen LogP contribution in [0, 0.1) is 18.8 Å². The van der Waals surface area contributed by atoms with Crippen LogP contribution in [0.4, 0.5) is 0 Å². The minimum atomic E-state index is -3.89. The number of aromatic amines is 1. The molecule has 0 aliphatic heterocycles. The van der Waals surface area contributed by atoms with Gasteiger partial charge in [0, 0.05) is 6.04 Å². The van der Waals surface area contributed by atoms with Gasteiger partial charge in [-0.3, -0.25) is 5.10 Å². The Kier molecular flexibility index (Phi) is 4.38. The van der Waals surface area contributed by atoms with E-state index >= 15 is 0 Å². The third kappa shape index (κ3) is 3.44. The summed E-state index contributed by atoms with van der Waals surface area (Å²) < 4.78 is 27.6. The second-order valence-electron chi connectivity index (χ2n) is 6.07. The standard InChI is InChI=1S/C13H21N3O4S/c1-7-4-8(2)6-10(5-7)16-21(19,20)12-9(3)14-15-11(12)13(17)18/h7-8,10,16H,4-6H2,1-3H3,(H,14,15)(H,17,18). The highest BCUT2D eigenvalue weighted by molar-refractivity contribution is 7.89. The van der Waals surface area contributed by atoms with Gasteiger partial charge in [-0.25, -0.2) is 17.9 Å². The highest BCUT2D eigenvalue weighted by Crippen LogP contribution is 2.30. The number of H-pyrrole nitrogens is 1. The summed E-state index contributed by atoms with van der Waals surface area (Å²) in [6, 6.07) is -0.162. The first kappa shape index (κ1) is 16.0. The molecule has 1 fully saturated rings. The minimum absolute atomic E-state index is 0.162. The third-order valence-corrected chi connectivity index (χ3v) is 5.54. The fourth-order valence-corrected chi connectivity index (χ4v) is 4.80. The molecule has 118 valence electrons. The summed E-state index contributed by atoms with van der Waals surface area (Å²) in [6.07, 6.45) is 2.62. The van der Waals surface area contributed by atoms with Crippen molar-refractivity contribution in [1.82, 2.24) is 14.9 Å². The molecule has 2 atom stereocenters. The van der Waals surface area contributed by atoms with Gasteiger partial charge < -0.3 is 5.11 Å². The predicted octanol–water partition coefficient (Wildman–Crippen LogP) is 1.52. The van der Waals surface area contributed by atoms with Gasteiger partial charge in [-0.15, -0.1) is 0 Å². The topological polar surface area (TPSA) is 112 Å². The summed E-state index contributed by atoms with van der Waals surface area (Å²) in [5.74, 6) is -0.457. The molecule has 1 saturated carbocycles. The number of aromatic nitrogens is 2. The van der Waals surface area contributed by atoms with E-state index in [1.165, 1.54) is 6.92 Å². The molecule has 8 heteroatoms. The van der Waals surface area contributed by atoms with Gasteiger partial charge >= 0.3 is 5.97 Å². The highest BCUT2D eigenvalue weighted by atomic mass is 32.2. The van der Waals surface area contributed by atoms with E-state index in [9.17, 15) is 13.2 Å². The first-order chi connectivity index (χ1) is 9.70. The van der Waals surface area contributed by atoms with Gasteiger partial charge in [0.25, 0.3) is 0 Å². The van der Waals surface area contributed by atoms with Gasteiger partial charge in [-0.1, -0.05) is 13.8 Å². The Hall–Kier alpha value is -1.41. The summed E-state index contributed by atoms with van der Waals surface area (Å²) in [5, 5.41) is 15.0. The molecular weight excluding hydrogens is 294 g/mol. The molecule has 1 aromatic rings. The molecule has 0 bridgehead atoms. The first-order valence-corrected chi connectivity index (χ1v) is 8.49. The molecule has 0 saturated heterocycles. The quantitative estimate of drug-likeness (QED) is 0.780. The molecule has 2 rings (SSSR count). The largest absolute Gasteiger partial charge is 0.476 e. The van der Waals surface area contributed by atoms with E-state index in [1.54, 1.807) is 0 Å². The fourth-order valence-electron chi connectivity index (χ4n) is 3.21. The van der Waals surface area contributed by atoms with Crippen LogP contribution in [0.1, 0.15) is 49.3 Å².